The number of carbonyl (C=O) groups excluding carboxylic acids is 1. The van der Waals surface area contributed by atoms with Crippen molar-refractivity contribution in [1.29, 1.82) is 0 Å². The van der Waals surface area contributed by atoms with Crippen LogP contribution in [0.25, 0.3) is 0 Å². The van der Waals surface area contributed by atoms with Crippen LogP contribution in [0.3, 0.4) is 0 Å². The number of hydrogen-bond donors (Lipinski definition) is 1. The zero-order chi connectivity index (χ0) is 22.7. The van der Waals surface area contributed by atoms with Crippen molar-refractivity contribution in [3.05, 3.63) is 59.2 Å². The Morgan fingerprint density at radius 2 is 1.97 bits per heavy atom. The molecule has 0 radical (unpaired) electrons. The minimum atomic E-state index is -3.61. The third kappa shape index (κ3) is 4.88. The molecule has 0 aromatic heterocycles. The first-order valence-electron chi connectivity index (χ1n) is 10.6. The molecule has 9 heteroatoms. The number of likely N-dealkylation sites (tertiary alicyclic amines) is 1. The Labute approximate surface area is 188 Å². The van der Waals surface area contributed by atoms with Gasteiger partial charge in [0, 0.05) is 6.54 Å². The Kier molecular flexibility index (Phi) is 6.36. The second-order valence-corrected chi connectivity index (χ2v) is 9.70. The number of sulfonamides is 1. The van der Waals surface area contributed by atoms with Gasteiger partial charge >= 0.3 is 0 Å². The van der Waals surface area contributed by atoms with Crippen LogP contribution in [-0.4, -0.2) is 51.4 Å². The summed E-state index contributed by atoms with van der Waals surface area (Å²) in [6.07, 6.45) is 3.15. The molecule has 1 amide bonds. The van der Waals surface area contributed by atoms with Crippen molar-refractivity contribution in [1.82, 2.24) is 4.90 Å². The summed E-state index contributed by atoms with van der Waals surface area (Å²) in [5.74, 6) is 1.05. The molecule has 2 aliphatic rings. The van der Waals surface area contributed by atoms with Crippen LogP contribution in [-0.2, 0) is 27.0 Å². The van der Waals surface area contributed by atoms with Gasteiger partial charge in [-0.3, -0.25) is 4.79 Å². The van der Waals surface area contributed by atoms with E-state index >= 15 is 0 Å². The van der Waals surface area contributed by atoms with Crippen molar-refractivity contribution in [2.24, 2.45) is 10.1 Å². The van der Waals surface area contributed by atoms with Crippen LogP contribution in [0.4, 0.5) is 0 Å². The molecule has 170 valence electrons. The molecule has 1 atom stereocenters. The highest BCUT2D eigenvalue weighted by atomic mass is 32.2. The second kappa shape index (κ2) is 9.20. The third-order valence-corrected chi connectivity index (χ3v) is 6.99. The van der Waals surface area contributed by atoms with Gasteiger partial charge in [-0.2, -0.15) is 0 Å². The van der Waals surface area contributed by atoms with Gasteiger partial charge in [0.05, 0.1) is 30.9 Å². The van der Waals surface area contributed by atoms with Crippen molar-refractivity contribution in [3.63, 3.8) is 0 Å². The zero-order valence-electron chi connectivity index (χ0n) is 18.0. The predicted octanol–water partition coefficient (Wildman–Crippen LogP) is 2.25. The fourth-order valence-electron chi connectivity index (χ4n) is 4.24. The number of hydrogen-bond acceptors (Lipinski definition) is 6. The largest absolute Gasteiger partial charge is 0.497 e. The van der Waals surface area contributed by atoms with Crippen molar-refractivity contribution in [2.75, 3.05) is 20.3 Å². The van der Waals surface area contributed by atoms with E-state index in [9.17, 15) is 13.2 Å². The van der Waals surface area contributed by atoms with Gasteiger partial charge in [0.25, 0.3) is 10.0 Å². The Bertz CT molecular complexity index is 1130. The van der Waals surface area contributed by atoms with E-state index in [2.05, 4.69) is 4.40 Å². The lowest BCUT2D eigenvalue weighted by atomic mass is 10.0. The minimum absolute atomic E-state index is 0.0575. The highest BCUT2D eigenvalue weighted by molar-refractivity contribution is 7.89. The number of methoxy groups -OCH3 is 1. The molecular weight excluding hydrogens is 430 g/mol. The number of carbonyl (C=O) groups is 1. The minimum Gasteiger partial charge on any atom is -0.497 e. The summed E-state index contributed by atoms with van der Waals surface area (Å²) in [5.41, 5.74) is 7.96. The lowest BCUT2D eigenvalue weighted by molar-refractivity contribution is -0.134. The standard InChI is InChI=1S/C23H27N3O5S/c1-30-19-10-8-16(9-11-19)13-21(27)26-12-3-2-6-18(26)14-31-20-7-4-5-17-15-32(28,29)25-23(24)22(17)20/h4-5,7-11,18H,2-3,6,12-15H2,1H3,(H2,24,25)/t18-/m1/s1. The van der Waals surface area contributed by atoms with Crippen molar-refractivity contribution < 1.29 is 22.7 Å². The van der Waals surface area contributed by atoms with E-state index < -0.39 is 10.0 Å². The average Bonchev–Trinajstić information content (AvgIpc) is 2.77. The normalized spacial score (nSPS) is 19.6. The number of nitrogens with zero attached hydrogens (tertiary/aromatic N) is 2. The van der Waals surface area contributed by atoms with Crippen molar-refractivity contribution >= 4 is 21.8 Å². The molecule has 2 aromatic rings. The Hall–Kier alpha value is -3.07. The fraction of sp³-hybridized carbons (Fsp3) is 0.391. The van der Waals surface area contributed by atoms with E-state index in [1.807, 2.05) is 29.2 Å². The Morgan fingerprint density at radius 3 is 2.72 bits per heavy atom. The molecule has 2 aliphatic heterocycles. The van der Waals surface area contributed by atoms with E-state index in [4.69, 9.17) is 15.2 Å². The van der Waals surface area contributed by atoms with Gasteiger partial charge in [-0.25, -0.2) is 8.42 Å². The summed E-state index contributed by atoms with van der Waals surface area (Å²) in [4.78, 5) is 14.9. The average molecular weight is 458 g/mol. The lowest BCUT2D eigenvalue weighted by Crippen LogP contribution is -2.47. The third-order valence-electron chi connectivity index (χ3n) is 5.84. The summed E-state index contributed by atoms with van der Waals surface area (Å²) in [6.45, 7) is 1.00. The molecule has 1 fully saturated rings. The van der Waals surface area contributed by atoms with E-state index in [0.717, 1.165) is 30.6 Å². The Morgan fingerprint density at radius 1 is 1.19 bits per heavy atom. The van der Waals surface area contributed by atoms with Gasteiger partial charge in [0.2, 0.25) is 5.91 Å². The van der Waals surface area contributed by atoms with Gasteiger partial charge in [-0.15, -0.1) is 4.40 Å². The number of fused-ring (bicyclic) bond motifs is 1. The number of piperidine rings is 1. The summed E-state index contributed by atoms with van der Waals surface area (Å²) in [7, 11) is -1.99. The molecule has 4 rings (SSSR count). The molecular formula is C23H27N3O5S. The van der Waals surface area contributed by atoms with Gasteiger partial charge in [-0.05, 0) is 48.6 Å². The summed E-state index contributed by atoms with van der Waals surface area (Å²) >= 11 is 0. The monoisotopic (exact) mass is 457 g/mol. The molecule has 2 heterocycles. The summed E-state index contributed by atoms with van der Waals surface area (Å²) in [5, 5.41) is 0. The van der Waals surface area contributed by atoms with Crippen LogP contribution in [0, 0.1) is 0 Å². The maximum atomic E-state index is 13.0. The summed E-state index contributed by atoms with van der Waals surface area (Å²) < 4.78 is 38.7. The van der Waals surface area contributed by atoms with Crippen LogP contribution in [0.2, 0.25) is 0 Å². The highest BCUT2D eigenvalue weighted by Gasteiger charge is 2.29. The van der Waals surface area contributed by atoms with Crippen molar-refractivity contribution in [3.8, 4) is 11.5 Å². The molecule has 2 aromatic carbocycles. The first-order valence-corrected chi connectivity index (χ1v) is 12.2. The van der Waals surface area contributed by atoms with E-state index in [0.29, 0.717) is 36.4 Å². The Balaban J connectivity index is 1.46. The van der Waals surface area contributed by atoms with Crippen LogP contribution in [0.5, 0.6) is 11.5 Å². The number of rotatable bonds is 6. The van der Waals surface area contributed by atoms with Crippen LogP contribution >= 0.6 is 0 Å². The molecule has 1 saturated heterocycles. The first kappa shape index (κ1) is 22.1. The smallest absolute Gasteiger partial charge is 0.259 e. The van der Waals surface area contributed by atoms with E-state index in [1.165, 1.54) is 0 Å². The molecule has 2 N–H and O–H groups in total. The molecule has 0 spiro atoms. The summed E-state index contributed by atoms with van der Waals surface area (Å²) in [6, 6.07) is 12.7. The number of amidine groups is 1. The molecule has 0 aliphatic carbocycles. The van der Waals surface area contributed by atoms with Gasteiger partial charge in [0.1, 0.15) is 23.9 Å². The first-order chi connectivity index (χ1) is 15.4. The highest BCUT2D eigenvalue weighted by Crippen LogP contribution is 2.29. The number of amides is 1. The maximum absolute atomic E-state index is 13.0. The van der Waals surface area contributed by atoms with Crippen LogP contribution in [0.1, 0.15) is 36.0 Å². The maximum Gasteiger partial charge on any atom is 0.259 e. The molecule has 32 heavy (non-hydrogen) atoms. The number of ether oxygens (including phenoxy) is 2. The van der Waals surface area contributed by atoms with Gasteiger partial charge in [0.15, 0.2) is 0 Å². The fourth-order valence-corrected chi connectivity index (χ4v) is 5.33. The topological polar surface area (TPSA) is 111 Å². The van der Waals surface area contributed by atoms with Crippen LogP contribution < -0.4 is 15.2 Å². The van der Waals surface area contributed by atoms with E-state index in [-0.39, 0.29) is 23.5 Å². The number of benzene rings is 2. The second-order valence-electron chi connectivity index (χ2n) is 8.07. The SMILES string of the molecule is COc1ccc(CC(=O)N2CCCC[C@@H]2COc2cccc3c2C(N)=NS(=O)(=O)C3)cc1. The quantitative estimate of drug-likeness (QED) is 0.712. The van der Waals surface area contributed by atoms with E-state index in [1.54, 1.807) is 25.3 Å². The molecule has 0 unspecified atom stereocenters. The van der Waals surface area contributed by atoms with Crippen LogP contribution in [0.15, 0.2) is 46.9 Å². The van der Waals surface area contributed by atoms with Crippen molar-refractivity contribution in [2.45, 2.75) is 37.5 Å². The number of nitrogens with two attached hydrogens (primary N) is 1. The molecule has 0 bridgehead atoms. The van der Waals surface area contributed by atoms with Gasteiger partial charge in [-0.1, -0.05) is 24.3 Å². The predicted molar refractivity (Wildman–Crippen MR) is 121 cm³/mol. The molecule has 0 saturated carbocycles. The van der Waals surface area contributed by atoms with Gasteiger partial charge < -0.3 is 20.1 Å². The lowest BCUT2D eigenvalue weighted by Gasteiger charge is -2.36. The molecule has 8 nitrogen and oxygen atoms in total. The zero-order valence-corrected chi connectivity index (χ0v) is 18.8.